The van der Waals surface area contributed by atoms with Crippen LogP contribution in [0.3, 0.4) is 0 Å². The normalized spacial score (nSPS) is 15.5. The Balaban J connectivity index is 1.72. The second-order valence-corrected chi connectivity index (χ2v) is 7.63. The number of rotatable bonds is 8. The van der Waals surface area contributed by atoms with Crippen molar-refractivity contribution in [2.24, 2.45) is 10.3 Å². The van der Waals surface area contributed by atoms with E-state index < -0.39 is 0 Å². The van der Waals surface area contributed by atoms with Crippen LogP contribution >= 0.6 is 11.6 Å². The van der Waals surface area contributed by atoms with Crippen molar-refractivity contribution in [1.82, 2.24) is 20.5 Å². The number of hydrogen-bond donors (Lipinski definition) is 3. The molecule has 2 aromatic carbocycles. The summed E-state index contributed by atoms with van der Waals surface area (Å²) in [4.78, 5) is 4.49. The molecular formula is C22H25ClN6O. The minimum absolute atomic E-state index is 0.144. The average molecular weight is 425 g/mol. The molecule has 0 spiro atoms. The first-order valence-electron chi connectivity index (χ1n) is 10.1. The number of hydrazine groups is 1. The lowest BCUT2D eigenvalue weighted by atomic mass is 9.96. The van der Waals surface area contributed by atoms with E-state index in [2.05, 4.69) is 63.5 Å². The molecule has 7 nitrogen and oxygen atoms in total. The minimum atomic E-state index is -0.275. The first-order chi connectivity index (χ1) is 14.7. The SMILES string of the molecule is CCCCc1nc(Cl)c(CO)n1Cc1ccc(-c2ccccc2)c(C2N=NNN2)c1. The highest BCUT2D eigenvalue weighted by Gasteiger charge is 2.20. The summed E-state index contributed by atoms with van der Waals surface area (Å²) in [6.45, 7) is 2.58. The predicted octanol–water partition coefficient (Wildman–Crippen LogP) is 4.56. The Morgan fingerprint density at radius 1 is 1.17 bits per heavy atom. The Labute approximate surface area is 180 Å². The average Bonchev–Trinajstić information content (AvgIpc) is 3.41. The first kappa shape index (κ1) is 20.5. The molecule has 1 aliphatic rings. The van der Waals surface area contributed by atoms with Gasteiger partial charge >= 0.3 is 0 Å². The lowest BCUT2D eigenvalue weighted by molar-refractivity contribution is 0.271. The number of aromatic nitrogens is 2. The van der Waals surface area contributed by atoms with Crippen LogP contribution in [0.2, 0.25) is 5.15 Å². The van der Waals surface area contributed by atoms with E-state index in [0.29, 0.717) is 17.4 Å². The maximum absolute atomic E-state index is 9.85. The highest BCUT2D eigenvalue weighted by atomic mass is 35.5. The van der Waals surface area contributed by atoms with E-state index in [9.17, 15) is 5.11 Å². The molecule has 1 atom stereocenters. The van der Waals surface area contributed by atoms with Crippen molar-refractivity contribution in [3.63, 3.8) is 0 Å². The third-order valence-electron chi connectivity index (χ3n) is 5.27. The van der Waals surface area contributed by atoms with Gasteiger partial charge in [0.15, 0.2) is 11.3 Å². The number of halogens is 1. The monoisotopic (exact) mass is 424 g/mol. The second kappa shape index (κ2) is 9.38. The highest BCUT2D eigenvalue weighted by Crippen LogP contribution is 2.31. The van der Waals surface area contributed by atoms with Crippen LogP contribution in [0, 0.1) is 0 Å². The van der Waals surface area contributed by atoms with Crippen molar-refractivity contribution in [2.45, 2.75) is 45.5 Å². The standard InChI is InChI=1S/C22H25ClN6O/c1-2-3-9-20-24-21(23)19(14-30)29(20)13-15-10-11-17(16-7-5-4-6-8-16)18(12-15)22-25-27-28-26-22/h4-8,10-12,22,30H,2-3,9,13-14H2,1H3,(H,25,28)(H,26,27). The van der Waals surface area contributed by atoms with E-state index in [1.165, 1.54) is 0 Å². The molecule has 1 aromatic heterocycles. The topological polar surface area (TPSA) is 86.8 Å². The lowest BCUT2D eigenvalue weighted by Crippen LogP contribution is -2.24. The molecule has 30 heavy (non-hydrogen) atoms. The van der Waals surface area contributed by atoms with Crippen LogP contribution in [0.1, 0.15) is 48.6 Å². The summed E-state index contributed by atoms with van der Waals surface area (Å²) in [6.07, 6.45) is 2.64. The second-order valence-electron chi connectivity index (χ2n) is 7.28. The van der Waals surface area contributed by atoms with Gasteiger partial charge in [0.2, 0.25) is 0 Å². The number of aliphatic hydroxyl groups is 1. The third-order valence-corrected chi connectivity index (χ3v) is 5.57. The van der Waals surface area contributed by atoms with E-state index in [1.54, 1.807) is 0 Å². The molecule has 0 aliphatic carbocycles. The summed E-state index contributed by atoms with van der Waals surface area (Å²) in [5, 5.41) is 18.3. The molecule has 8 heteroatoms. The van der Waals surface area contributed by atoms with Crippen LogP contribution in [0.15, 0.2) is 58.9 Å². The largest absolute Gasteiger partial charge is 0.390 e. The van der Waals surface area contributed by atoms with Crippen molar-refractivity contribution in [1.29, 1.82) is 0 Å². The van der Waals surface area contributed by atoms with Gasteiger partial charge in [-0.15, -0.1) is 5.11 Å². The Bertz CT molecular complexity index is 1030. The summed E-state index contributed by atoms with van der Waals surface area (Å²) in [6, 6.07) is 16.6. The van der Waals surface area contributed by atoms with Crippen LogP contribution in [0.25, 0.3) is 11.1 Å². The molecule has 0 bridgehead atoms. The van der Waals surface area contributed by atoms with Crippen molar-refractivity contribution in [3.8, 4) is 11.1 Å². The van der Waals surface area contributed by atoms with E-state index >= 15 is 0 Å². The number of aliphatic hydroxyl groups excluding tert-OH is 1. The zero-order chi connectivity index (χ0) is 20.9. The molecule has 4 rings (SSSR count). The summed E-state index contributed by atoms with van der Waals surface area (Å²) < 4.78 is 2.03. The van der Waals surface area contributed by atoms with Gasteiger partial charge in [-0.05, 0) is 29.2 Å². The highest BCUT2D eigenvalue weighted by molar-refractivity contribution is 6.30. The van der Waals surface area contributed by atoms with Crippen molar-refractivity contribution in [3.05, 3.63) is 76.3 Å². The number of imidazole rings is 1. The van der Waals surface area contributed by atoms with Gasteiger partial charge in [-0.2, -0.15) is 5.43 Å². The quantitative estimate of drug-likeness (QED) is 0.494. The van der Waals surface area contributed by atoms with Gasteiger partial charge in [0.25, 0.3) is 0 Å². The fourth-order valence-corrected chi connectivity index (χ4v) is 3.97. The molecule has 2 heterocycles. The third kappa shape index (κ3) is 4.23. The van der Waals surface area contributed by atoms with E-state index in [0.717, 1.165) is 47.3 Å². The lowest BCUT2D eigenvalue weighted by Gasteiger charge is -2.17. The number of nitrogens with zero attached hydrogens (tertiary/aromatic N) is 4. The van der Waals surface area contributed by atoms with Gasteiger partial charge < -0.3 is 9.67 Å². The number of aryl methyl sites for hydroxylation is 1. The Morgan fingerprint density at radius 3 is 2.70 bits per heavy atom. The molecule has 0 fully saturated rings. The van der Waals surface area contributed by atoms with Gasteiger partial charge in [0.05, 0.1) is 12.3 Å². The maximum atomic E-state index is 9.85. The fourth-order valence-electron chi connectivity index (χ4n) is 3.71. The number of hydrogen-bond acceptors (Lipinski definition) is 6. The molecule has 1 aliphatic heterocycles. The zero-order valence-electron chi connectivity index (χ0n) is 16.8. The Hall–Kier alpha value is -2.74. The number of benzene rings is 2. The van der Waals surface area contributed by atoms with E-state index in [1.807, 2.05) is 22.8 Å². The molecule has 3 N–H and O–H groups in total. The van der Waals surface area contributed by atoms with Crippen molar-refractivity contribution >= 4 is 11.6 Å². The van der Waals surface area contributed by atoms with Gasteiger partial charge in [0, 0.05) is 18.5 Å². The molecule has 156 valence electrons. The minimum Gasteiger partial charge on any atom is -0.390 e. The van der Waals surface area contributed by atoms with Gasteiger partial charge in [0.1, 0.15) is 5.82 Å². The molecular weight excluding hydrogens is 400 g/mol. The van der Waals surface area contributed by atoms with Gasteiger partial charge in [-0.25, -0.2) is 10.5 Å². The van der Waals surface area contributed by atoms with Crippen molar-refractivity contribution in [2.75, 3.05) is 0 Å². The molecule has 0 saturated heterocycles. The zero-order valence-corrected chi connectivity index (χ0v) is 17.6. The summed E-state index contributed by atoms with van der Waals surface area (Å²) in [7, 11) is 0. The maximum Gasteiger partial charge on any atom is 0.166 e. The van der Waals surface area contributed by atoms with Crippen LogP contribution in [-0.2, 0) is 19.6 Å². The molecule has 1 unspecified atom stereocenters. The molecule has 0 amide bonds. The van der Waals surface area contributed by atoms with E-state index in [4.69, 9.17) is 11.6 Å². The molecule has 3 aromatic rings. The van der Waals surface area contributed by atoms with Gasteiger partial charge in [-0.3, -0.25) is 0 Å². The number of nitrogens with one attached hydrogen (secondary N) is 2. The predicted molar refractivity (Wildman–Crippen MR) is 117 cm³/mol. The summed E-state index contributed by atoms with van der Waals surface area (Å²) in [5.41, 5.74) is 10.8. The first-order valence-corrected chi connectivity index (χ1v) is 10.5. The smallest absolute Gasteiger partial charge is 0.166 e. The van der Waals surface area contributed by atoms with Crippen molar-refractivity contribution < 1.29 is 5.11 Å². The van der Waals surface area contributed by atoms with Crippen LogP contribution < -0.4 is 11.0 Å². The number of unbranched alkanes of at least 4 members (excludes halogenated alkanes) is 1. The van der Waals surface area contributed by atoms with Crippen LogP contribution in [0.5, 0.6) is 0 Å². The summed E-state index contributed by atoms with van der Waals surface area (Å²) >= 11 is 6.30. The Kier molecular flexibility index (Phi) is 6.42. The van der Waals surface area contributed by atoms with Crippen LogP contribution in [0.4, 0.5) is 0 Å². The van der Waals surface area contributed by atoms with Gasteiger partial charge in [-0.1, -0.05) is 72.6 Å². The molecule has 0 radical (unpaired) electrons. The van der Waals surface area contributed by atoms with E-state index in [-0.39, 0.29) is 12.8 Å². The fraction of sp³-hybridized carbons (Fsp3) is 0.318. The Morgan fingerprint density at radius 2 is 2.00 bits per heavy atom. The summed E-state index contributed by atoms with van der Waals surface area (Å²) in [5.74, 6) is 0.903. The van der Waals surface area contributed by atoms with Crippen LogP contribution in [-0.4, -0.2) is 14.7 Å². The molecule has 0 saturated carbocycles.